The number of aryl methyl sites for hydroxylation is 2. The van der Waals surface area contributed by atoms with E-state index in [-0.39, 0.29) is 24.7 Å². The van der Waals surface area contributed by atoms with Crippen LogP contribution in [0.2, 0.25) is 0 Å². The van der Waals surface area contributed by atoms with E-state index in [1.54, 1.807) is 7.11 Å². The largest absolute Gasteiger partial charge is 0.496 e. The number of nitrogens with one attached hydrogen (secondary N) is 3. The maximum absolute atomic E-state index is 12.3. The van der Waals surface area contributed by atoms with Crippen LogP contribution in [0.15, 0.2) is 12.1 Å². The lowest BCUT2D eigenvalue weighted by Gasteiger charge is -2.16. The zero-order valence-corrected chi connectivity index (χ0v) is 13.6. The van der Waals surface area contributed by atoms with E-state index >= 15 is 0 Å². The molecule has 1 aliphatic carbocycles. The summed E-state index contributed by atoms with van der Waals surface area (Å²) < 4.78 is 5.42. The first kappa shape index (κ1) is 16.3. The lowest BCUT2D eigenvalue weighted by molar-refractivity contribution is -0.123. The molecule has 1 saturated heterocycles. The minimum absolute atomic E-state index is 0.138. The molecule has 2 aliphatic rings. The summed E-state index contributed by atoms with van der Waals surface area (Å²) in [6, 6.07) is 2.78. The molecule has 0 saturated carbocycles. The number of fused-ring (bicyclic) bond motifs is 1. The van der Waals surface area contributed by atoms with Gasteiger partial charge in [0, 0.05) is 18.5 Å². The number of carbonyl (C=O) groups is 3. The summed E-state index contributed by atoms with van der Waals surface area (Å²) in [5.74, 6) is 0.0863. The van der Waals surface area contributed by atoms with E-state index in [4.69, 9.17) is 4.74 Å². The van der Waals surface area contributed by atoms with Gasteiger partial charge in [-0.05, 0) is 42.9 Å². The second-order valence-corrected chi connectivity index (χ2v) is 6.12. The van der Waals surface area contributed by atoms with Crippen molar-refractivity contribution in [2.24, 2.45) is 0 Å². The fraction of sp³-hybridized carbons (Fsp3) is 0.471. The van der Waals surface area contributed by atoms with Gasteiger partial charge in [-0.15, -0.1) is 0 Å². The maximum Gasteiger partial charge on any atom is 0.322 e. The van der Waals surface area contributed by atoms with Gasteiger partial charge in [-0.1, -0.05) is 6.07 Å². The molecule has 1 aromatic carbocycles. The lowest BCUT2D eigenvalue weighted by Crippen LogP contribution is -2.48. The molecular weight excluding hydrogens is 310 g/mol. The first-order valence-corrected chi connectivity index (χ1v) is 8.13. The molecule has 0 radical (unpaired) electrons. The molecule has 1 atom stereocenters. The highest BCUT2D eigenvalue weighted by Crippen LogP contribution is 2.29. The Balaban J connectivity index is 1.66. The zero-order chi connectivity index (χ0) is 17.1. The molecule has 1 heterocycles. The van der Waals surface area contributed by atoms with E-state index in [1.165, 1.54) is 11.1 Å². The van der Waals surface area contributed by atoms with Crippen LogP contribution in [0.25, 0.3) is 0 Å². The topological polar surface area (TPSA) is 96.5 Å². The van der Waals surface area contributed by atoms with E-state index in [2.05, 4.69) is 22.0 Å². The van der Waals surface area contributed by atoms with Crippen LogP contribution >= 0.6 is 0 Å². The molecule has 0 aromatic heterocycles. The van der Waals surface area contributed by atoms with E-state index < -0.39 is 12.1 Å². The standard InChI is InChI=1S/C17H21N3O4/c1-24-14-8-11-4-2-3-10(11)7-12(14)9-18-16(22)13-5-6-15(21)20-17(23)19-13/h7-8,13H,2-6,9H2,1H3,(H,18,22)(H2,19,20,21,23). The van der Waals surface area contributed by atoms with E-state index in [9.17, 15) is 14.4 Å². The second-order valence-electron chi connectivity index (χ2n) is 6.12. The number of imide groups is 1. The minimum atomic E-state index is -0.711. The van der Waals surface area contributed by atoms with Gasteiger partial charge in [-0.2, -0.15) is 0 Å². The number of benzene rings is 1. The zero-order valence-electron chi connectivity index (χ0n) is 13.6. The number of ether oxygens (including phenoxy) is 1. The summed E-state index contributed by atoms with van der Waals surface area (Å²) in [4.78, 5) is 35.1. The number of methoxy groups -OCH3 is 1. The van der Waals surface area contributed by atoms with Crippen LogP contribution in [-0.4, -0.2) is 31.0 Å². The highest BCUT2D eigenvalue weighted by molar-refractivity contribution is 5.98. The van der Waals surface area contributed by atoms with Gasteiger partial charge in [0.15, 0.2) is 0 Å². The van der Waals surface area contributed by atoms with Crippen LogP contribution in [0, 0.1) is 0 Å². The monoisotopic (exact) mass is 331 g/mol. The smallest absolute Gasteiger partial charge is 0.322 e. The van der Waals surface area contributed by atoms with Gasteiger partial charge in [0.05, 0.1) is 7.11 Å². The second kappa shape index (κ2) is 6.90. The predicted octanol–water partition coefficient (Wildman–Crippen LogP) is 0.788. The van der Waals surface area contributed by atoms with Gasteiger partial charge in [-0.3, -0.25) is 14.9 Å². The Bertz CT molecular complexity index is 687. The molecule has 3 N–H and O–H groups in total. The quantitative estimate of drug-likeness (QED) is 0.760. The van der Waals surface area contributed by atoms with Crippen molar-refractivity contribution in [1.29, 1.82) is 0 Å². The van der Waals surface area contributed by atoms with Crippen LogP contribution in [0.5, 0.6) is 5.75 Å². The van der Waals surface area contributed by atoms with Crippen LogP contribution in [0.4, 0.5) is 4.79 Å². The average Bonchev–Trinajstić information content (AvgIpc) is 2.94. The van der Waals surface area contributed by atoms with Gasteiger partial charge < -0.3 is 15.4 Å². The highest BCUT2D eigenvalue weighted by Gasteiger charge is 2.26. The fourth-order valence-corrected chi connectivity index (χ4v) is 3.21. The third-order valence-corrected chi connectivity index (χ3v) is 4.48. The van der Waals surface area contributed by atoms with Crippen molar-refractivity contribution in [2.45, 2.75) is 44.7 Å². The first-order valence-electron chi connectivity index (χ1n) is 8.13. The van der Waals surface area contributed by atoms with Crippen LogP contribution in [0.1, 0.15) is 36.0 Å². The Morgan fingerprint density at radius 1 is 1.25 bits per heavy atom. The number of carbonyl (C=O) groups excluding carboxylic acids is 3. The molecule has 1 aliphatic heterocycles. The average molecular weight is 331 g/mol. The number of rotatable bonds is 4. The third kappa shape index (κ3) is 3.50. The van der Waals surface area contributed by atoms with Gasteiger partial charge in [0.1, 0.15) is 11.8 Å². The van der Waals surface area contributed by atoms with Crippen molar-refractivity contribution in [3.63, 3.8) is 0 Å². The van der Waals surface area contributed by atoms with Crippen molar-refractivity contribution in [3.05, 3.63) is 28.8 Å². The molecule has 3 rings (SSSR count). The van der Waals surface area contributed by atoms with Crippen molar-refractivity contribution in [2.75, 3.05) is 7.11 Å². The SMILES string of the molecule is COc1cc2c(cc1CNC(=O)C1CCC(=O)NC(=O)N1)CCC2. The van der Waals surface area contributed by atoms with Crippen molar-refractivity contribution >= 4 is 17.8 Å². The fourth-order valence-electron chi connectivity index (χ4n) is 3.21. The maximum atomic E-state index is 12.3. The minimum Gasteiger partial charge on any atom is -0.496 e. The van der Waals surface area contributed by atoms with Gasteiger partial charge in [0.2, 0.25) is 11.8 Å². The Hall–Kier alpha value is -2.57. The summed E-state index contributed by atoms with van der Waals surface area (Å²) in [5.41, 5.74) is 3.53. The van der Waals surface area contributed by atoms with Gasteiger partial charge in [0.25, 0.3) is 0 Å². The van der Waals surface area contributed by atoms with Crippen LogP contribution in [0.3, 0.4) is 0 Å². The molecule has 1 aromatic rings. The molecule has 0 spiro atoms. The molecule has 7 heteroatoms. The molecule has 4 amide bonds. The molecule has 24 heavy (non-hydrogen) atoms. The number of hydrogen-bond donors (Lipinski definition) is 3. The summed E-state index contributed by atoms with van der Waals surface area (Å²) in [6.45, 7) is 0.322. The van der Waals surface area contributed by atoms with Gasteiger partial charge in [-0.25, -0.2) is 4.79 Å². The normalized spacial score (nSPS) is 19.8. The predicted molar refractivity (Wildman–Crippen MR) is 86.6 cm³/mol. The molecule has 0 bridgehead atoms. The van der Waals surface area contributed by atoms with E-state index in [0.717, 1.165) is 30.6 Å². The van der Waals surface area contributed by atoms with Crippen molar-refractivity contribution in [3.8, 4) is 5.75 Å². The first-order chi connectivity index (χ1) is 11.6. The summed E-state index contributed by atoms with van der Waals surface area (Å²) in [7, 11) is 1.62. The van der Waals surface area contributed by atoms with Gasteiger partial charge >= 0.3 is 6.03 Å². The number of hydrogen-bond acceptors (Lipinski definition) is 4. The lowest BCUT2D eigenvalue weighted by atomic mass is 10.0. The van der Waals surface area contributed by atoms with Crippen LogP contribution < -0.4 is 20.7 Å². The van der Waals surface area contributed by atoms with E-state index in [1.807, 2.05) is 6.07 Å². The molecule has 1 unspecified atom stereocenters. The third-order valence-electron chi connectivity index (χ3n) is 4.48. The summed E-state index contributed by atoms with van der Waals surface area (Å²) in [6.07, 6.45) is 3.67. The Morgan fingerprint density at radius 3 is 2.75 bits per heavy atom. The Morgan fingerprint density at radius 2 is 2.00 bits per heavy atom. The summed E-state index contributed by atoms with van der Waals surface area (Å²) in [5, 5.41) is 7.48. The highest BCUT2D eigenvalue weighted by atomic mass is 16.5. The Labute approximate surface area is 140 Å². The molecule has 7 nitrogen and oxygen atoms in total. The number of amides is 4. The summed E-state index contributed by atoms with van der Waals surface area (Å²) >= 11 is 0. The molecule has 1 fully saturated rings. The van der Waals surface area contributed by atoms with Crippen LogP contribution in [-0.2, 0) is 29.0 Å². The number of urea groups is 1. The molecule has 128 valence electrons. The van der Waals surface area contributed by atoms with E-state index in [0.29, 0.717) is 6.54 Å². The van der Waals surface area contributed by atoms with Crippen molar-refractivity contribution in [1.82, 2.24) is 16.0 Å². The Kier molecular flexibility index (Phi) is 4.69. The molecular formula is C17H21N3O4. The van der Waals surface area contributed by atoms with Crippen molar-refractivity contribution < 1.29 is 19.1 Å².